The molecular weight excluding hydrogens is 298 g/mol. The number of pyridine rings is 1. The van der Waals surface area contributed by atoms with Crippen molar-refractivity contribution in [2.45, 2.75) is 6.42 Å². The first-order chi connectivity index (χ1) is 11.1. The number of rotatable bonds is 6. The van der Waals surface area contributed by atoms with E-state index in [1.165, 1.54) is 27.5 Å². The summed E-state index contributed by atoms with van der Waals surface area (Å²) >= 11 is 0. The number of methoxy groups -OCH3 is 3. The molecule has 0 radical (unpaired) electrons. The lowest BCUT2D eigenvalue weighted by molar-refractivity contribution is -0.115. The molecule has 7 nitrogen and oxygen atoms in total. The van der Waals surface area contributed by atoms with Crippen LogP contribution in [-0.2, 0) is 11.2 Å². The summed E-state index contributed by atoms with van der Waals surface area (Å²) in [7, 11) is 4.59. The Morgan fingerprint density at radius 1 is 1.13 bits per heavy atom. The third-order valence-corrected chi connectivity index (χ3v) is 3.16. The normalized spacial score (nSPS) is 10.0. The number of nitrogens with one attached hydrogen (secondary N) is 1. The fourth-order valence-corrected chi connectivity index (χ4v) is 2.11. The lowest BCUT2D eigenvalue weighted by Gasteiger charge is -2.14. The van der Waals surface area contributed by atoms with Crippen LogP contribution in [0, 0.1) is 0 Å². The lowest BCUT2D eigenvalue weighted by atomic mass is 10.1. The van der Waals surface area contributed by atoms with Crippen molar-refractivity contribution in [2.24, 2.45) is 0 Å². The molecule has 1 amide bonds. The van der Waals surface area contributed by atoms with Crippen LogP contribution in [0.5, 0.6) is 17.2 Å². The molecule has 0 atom stereocenters. The predicted octanol–water partition coefficient (Wildman–Crippen LogP) is 1.87. The second kappa shape index (κ2) is 7.35. The number of ether oxygens (including phenoxy) is 3. The zero-order valence-corrected chi connectivity index (χ0v) is 13.3. The van der Waals surface area contributed by atoms with Gasteiger partial charge in [0, 0.05) is 0 Å². The smallest absolute Gasteiger partial charge is 0.228 e. The maximum Gasteiger partial charge on any atom is 0.228 e. The van der Waals surface area contributed by atoms with Gasteiger partial charge in [-0.25, -0.2) is 4.98 Å². The van der Waals surface area contributed by atoms with Crippen molar-refractivity contribution in [3.05, 3.63) is 36.0 Å². The van der Waals surface area contributed by atoms with Crippen LogP contribution < -0.4 is 25.3 Å². The van der Waals surface area contributed by atoms with Crippen molar-refractivity contribution in [1.29, 1.82) is 0 Å². The highest BCUT2D eigenvalue weighted by Gasteiger charge is 2.15. The predicted molar refractivity (Wildman–Crippen MR) is 87.1 cm³/mol. The molecule has 0 saturated heterocycles. The summed E-state index contributed by atoms with van der Waals surface area (Å²) in [5.41, 5.74) is 6.83. The quantitative estimate of drug-likeness (QED) is 0.844. The molecule has 2 rings (SSSR count). The van der Waals surface area contributed by atoms with Crippen molar-refractivity contribution in [2.75, 3.05) is 32.4 Å². The summed E-state index contributed by atoms with van der Waals surface area (Å²) in [5, 5.41) is 2.75. The van der Waals surface area contributed by atoms with Crippen LogP contribution in [0.25, 0.3) is 0 Å². The molecule has 0 aliphatic heterocycles. The van der Waals surface area contributed by atoms with E-state index in [4.69, 9.17) is 19.9 Å². The van der Waals surface area contributed by atoms with Crippen LogP contribution in [0.4, 0.5) is 11.5 Å². The van der Waals surface area contributed by atoms with Gasteiger partial charge < -0.3 is 25.3 Å². The summed E-state index contributed by atoms with van der Waals surface area (Å²) in [6, 6.07) is 6.79. The number of hydrogen-bond donors (Lipinski definition) is 2. The van der Waals surface area contributed by atoms with E-state index in [0.29, 0.717) is 28.8 Å². The molecule has 0 bridgehead atoms. The van der Waals surface area contributed by atoms with Gasteiger partial charge in [-0.3, -0.25) is 4.79 Å². The minimum Gasteiger partial charge on any atom is -0.493 e. The fourth-order valence-electron chi connectivity index (χ4n) is 2.11. The average Bonchev–Trinajstić information content (AvgIpc) is 2.55. The van der Waals surface area contributed by atoms with Gasteiger partial charge in [0.15, 0.2) is 11.5 Å². The van der Waals surface area contributed by atoms with Gasteiger partial charge in [-0.1, -0.05) is 0 Å². The lowest BCUT2D eigenvalue weighted by Crippen LogP contribution is -2.14. The van der Waals surface area contributed by atoms with Gasteiger partial charge in [0.05, 0.1) is 39.6 Å². The van der Waals surface area contributed by atoms with Crippen LogP contribution in [0.3, 0.4) is 0 Å². The molecule has 1 heterocycles. The number of anilines is 2. The second-order valence-corrected chi connectivity index (χ2v) is 4.73. The summed E-state index contributed by atoms with van der Waals surface area (Å²) < 4.78 is 15.8. The summed E-state index contributed by atoms with van der Waals surface area (Å²) in [5.74, 6) is 1.70. The van der Waals surface area contributed by atoms with Crippen LogP contribution >= 0.6 is 0 Å². The largest absolute Gasteiger partial charge is 0.493 e. The van der Waals surface area contributed by atoms with E-state index < -0.39 is 0 Å². The highest BCUT2D eigenvalue weighted by Crippen LogP contribution is 2.38. The molecule has 3 N–H and O–H groups in total. The molecule has 2 aromatic rings. The van der Waals surface area contributed by atoms with Gasteiger partial charge in [0.2, 0.25) is 11.7 Å². The Morgan fingerprint density at radius 3 is 2.26 bits per heavy atom. The van der Waals surface area contributed by atoms with Crippen molar-refractivity contribution in [3.8, 4) is 17.2 Å². The van der Waals surface area contributed by atoms with Gasteiger partial charge in [0.25, 0.3) is 0 Å². The Bertz CT molecular complexity index is 661. The van der Waals surface area contributed by atoms with E-state index >= 15 is 0 Å². The first-order valence-corrected chi connectivity index (χ1v) is 6.87. The van der Waals surface area contributed by atoms with Crippen molar-refractivity contribution < 1.29 is 19.0 Å². The van der Waals surface area contributed by atoms with Crippen molar-refractivity contribution in [1.82, 2.24) is 4.98 Å². The molecule has 1 aromatic heterocycles. The topological polar surface area (TPSA) is 95.7 Å². The second-order valence-electron chi connectivity index (χ2n) is 4.73. The van der Waals surface area contributed by atoms with E-state index in [1.54, 1.807) is 24.3 Å². The SMILES string of the molecule is COc1cc(CC(=O)Nc2ccc(N)nc2)cc(OC)c1OC. The van der Waals surface area contributed by atoms with Crippen LogP contribution in [0.1, 0.15) is 5.56 Å². The Kier molecular flexibility index (Phi) is 5.24. The van der Waals surface area contributed by atoms with E-state index in [1.807, 2.05) is 0 Å². The zero-order valence-electron chi connectivity index (χ0n) is 13.3. The zero-order chi connectivity index (χ0) is 16.8. The highest BCUT2D eigenvalue weighted by molar-refractivity contribution is 5.92. The first-order valence-electron chi connectivity index (χ1n) is 6.87. The Hall–Kier alpha value is -2.96. The number of carbonyl (C=O) groups is 1. The highest BCUT2D eigenvalue weighted by atomic mass is 16.5. The molecule has 7 heteroatoms. The van der Waals surface area contributed by atoms with Gasteiger partial charge in [-0.15, -0.1) is 0 Å². The summed E-state index contributed by atoms with van der Waals surface area (Å²) in [6.45, 7) is 0. The first kappa shape index (κ1) is 16.4. The van der Waals surface area contributed by atoms with Crippen LogP contribution in [0.2, 0.25) is 0 Å². The number of nitrogen functional groups attached to an aromatic ring is 1. The summed E-state index contributed by atoms with van der Waals surface area (Å²) in [4.78, 5) is 16.1. The number of hydrogen-bond acceptors (Lipinski definition) is 6. The van der Waals surface area contributed by atoms with E-state index in [2.05, 4.69) is 10.3 Å². The summed E-state index contributed by atoms with van der Waals surface area (Å²) in [6.07, 6.45) is 1.66. The number of nitrogens with zero attached hydrogens (tertiary/aromatic N) is 1. The molecule has 23 heavy (non-hydrogen) atoms. The third-order valence-electron chi connectivity index (χ3n) is 3.16. The van der Waals surface area contributed by atoms with Gasteiger partial charge >= 0.3 is 0 Å². The Labute approximate surface area is 134 Å². The maximum absolute atomic E-state index is 12.1. The minimum atomic E-state index is -0.189. The van der Waals surface area contributed by atoms with E-state index in [9.17, 15) is 4.79 Å². The Morgan fingerprint density at radius 2 is 1.78 bits per heavy atom. The monoisotopic (exact) mass is 317 g/mol. The molecular formula is C16H19N3O4. The van der Waals surface area contributed by atoms with E-state index in [0.717, 1.165) is 5.56 Å². The van der Waals surface area contributed by atoms with Gasteiger partial charge in [-0.2, -0.15) is 0 Å². The fraction of sp³-hybridized carbons (Fsp3) is 0.250. The standard InChI is InChI=1S/C16H19N3O4/c1-21-12-6-10(7-13(22-2)16(12)23-3)8-15(20)19-11-4-5-14(17)18-9-11/h4-7,9H,8H2,1-3H3,(H2,17,18)(H,19,20). The Balaban J connectivity index is 2.15. The number of amides is 1. The molecule has 0 spiro atoms. The molecule has 0 aliphatic carbocycles. The van der Waals surface area contributed by atoms with E-state index in [-0.39, 0.29) is 12.3 Å². The molecule has 0 fully saturated rings. The third kappa shape index (κ3) is 4.03. The molecule has 0 saturated carbocycles. The minimum absolute atomic E-state index is 0.154. The average molecular weight is 317 g/mol. The molecule has 1 aromatic carbocycles. The number of carbonyl (C=O) groups excluding carboxylic acids is 1. The maximum atomic E-state index is 12.1. The number of nitrogens with two attached hydrogens (primary N) is 1. The van der Waals surface area contributed by atoms with Crippen molar-refractivity contribution in [3.63, 3.8) is 0 Å². The van der Waals surface area contributed by atoms with Crippen LogP contribution in [-0.4, -0.2) is 32.2 Å². The van der Waals surface area contributed by atoms with Gasteiger partial charge in [0.1, 0.15) is 5.82 Å². The van der Waals surface area contributed by atoms with Crippen molar-refractivity contribution >= 4 is 17.4 Å². The molecule has 0 unspecified atom stereocenters. The van der Waals surface area contributed by atoms with Crippen LogP contribution in [0.15, 0.2) is 30.5 Å². The number of benzene rings is 1. The molecule has 122 valence electrons. The number of aromatic nitrogens is 1. The molecule has 0 aliphatic rings. The van der Waals surface area contributed by atoms with Gasteiger partial charge in [-0.05, 0) is 29.8 Å².